The van der Waals surface area contributed by atoms with Crippen molar-refractivity contribution in [2.24, 2.45) is 5.92 Å². The van der Waals surface area contributed by atoms with E-state index in [2.05, 4.69) is 48.5 Å². The van der Waals surface area contributed by atoms with Crippen molar-refractivity contribution in [2.75, 3.05) is 0 Å². The quantitative estimate of drug-likeness (QED) is 0.749. The zero-order valence-corrected chi connectivity index (χ0v) is 11.5. The van der Waals surface area contributed by atoms with E-state index < -0.39 is 0 Å². The third kappa shape index (κ3) is 2.60. The number of nitrogens with zero attached hydrogens (tertiary/aromatic N) is 1. The standard InChI is InChI=1S/C19H18N/c20-14-15-7-6-10-17(13-15)19-12-5-4-11-18(19)16-8-2-1-3-9-16/h1-5,8,11-12,15,17H,6-7,10,13H2. The zero-order valence-electron chi connectivity index (χ0n) is 11.5. The van der Waals surface area contributed by atoms with E-state index in [9.17, 15) is 5.26 Å². The van der Waals surface area contributed by atoms with E-state index in [1.165, 1.54) is 17.5 Å². The third-order valence-corrected chi connectivity index (χ3v) is 4.26. The van der Waals surface area contributed by atoms with E-state index in [1.807, 2.05) is 12.1 Å². The molecule has 1 radical (unpaired) electrons. The van der Waals surface area contributed by atoms with Crippen LogP contribution in [-0.2, 0) is 0 Å². The Kier molecular flexibility index (Phi) is 3.83. The fourth-order valence-corrected chi connectivity index (χ4v) is 3.25. The molecule has 0 heterocycles. The van der Waals surface area contributed by atoms with Gasteiger partial charge in [-0.3, -0.25) is 0 Å². The van der Waals surface area contributed by atoms with Gasteiger partial charge in [0.2, 0.25) is 0 Å². The van der Waals surface area contributed by atoms with E-state index in [-0.39, 0.29) is 5.92 Å². The molecule has 2 atom stereocenters. The topological polar surface area (TPSA) is 23.8 Å². The molecule has 0 spiro atoms. The number of nitriles is 1. The van der Waals surface area contributed by atoms with Crippen molar-refractivity contribution in [3.8, 4) is 17.2 Å². The Bertz CT molecular complexity index is 609. The first kappa shape index (κ1) is 12.9. The lowest BCUT2D eigenvalue weighted by molar-refractivity contribution is 0.380. The Labute approximate surface area is 120 Å². The molecule has 1 nitrogen and oxygen atoms in total. The van der Waals surface area contributed by atoms with Gasteiger partial charge in [-0.25, -0.2) is 0 Å². The monoisotopic (exact) mass is 260 g/mol. The number of benzene rings is 2. The highest BCUT2D eigenvalue weighted by atomic mass is 14.3. The fourth-order valence-electron chi connectivity index (χ4n) is 3.25. The molecule has 1 aliphatic carbocycles. The SMILES string of the molecule is N#CC1CCCC(c2ccccc2-c2[c]cccc2)C1. The predicted molar refractivity (Wildman–Crippen MR) is 81.0 cm³/mol. The van der Waals surface area contributed by atoms with Crippen LogP contribution in [0.4, 0.5) is 0 Å². The second kappa shape index (κ2) is 5.92. The highest BCUT2D eigenvalue weighted by Gasteiger charge is 2.24. The van der Waals surface area contributed by atoms with Crippen LogP contribution in [0, 0.1) is 23.3 Å². The molecule has 0 amide bonds. The van der Waals surface area contributed by atoms with Crippen molar-refractivity contribution in [3.05, 3.63) is 60.2 Å². The lowest BCUT2D eigenvalue weighted by Crippen LogP contribution is -2.13. The fraction of sp³-hybridized carbons (Fsp3) is 0.316. The largest absolute Gasteiger partial charge is 0.198 e. The molecule has 1 aliphatic rings. The summed E-state index contributed by atoms with van der Waals surface area (Å²) in [7, 11) is 0. The minimum absolute atomic E-state index is 0.224. The molecule has 0 aliphatic heterocycles. The molecule has 20 heavy (non-hydrogen) atoms. The maximum absolute atomic E-state index is 9.19. The molecule has 1 saturated carbocycles. The molecule has 0 N–H and O–H groups in total. The summed E-state index contributed by atoms with van der Waals surface area (Å²) in [6.07, 6.45) is 4.42. The van der Waals surface area contributed by atoms with Crippen molar-refractivity contribution in [1.29, 1.82) is 5.26 Å². The maximum Gasteiger partial charge on any atom is 0.0656 e. The van der Waals surface area contributed by atoms with Gasteiger partial charge in [0.15, 0.2) is 0 Å². The first-order valence-corrected chi connectivity index (χ1v) is 7.34. The van der Waals surface area contributed by atoms with Gasteiger partial charge in [-0.15, -0.1) is 0 Å². The molecule has 1 fully saturated rings. The van der Waals surface area contributed by atoms with E-state index in [0.29, 0.717) is 5.92 Å². The summed E-state index contributed by atoms with van der Waals surface area (Å²) in [5.41, 5.74) is 3.81. The summed E-state index contributed by atoms with van der Waals surface area (Å²) in [5.74, 6) is 0.736. The van der Waals surface area contributed by atoms with Gasteiger partial charge >= 0.3 is 0 Å². The van der Waals surface area contributed by atoms with Crippen LogP contribution >= 0.6 is 0 Å². The van der Waals surface area contributed by atoms with E-state index in [1.54, 1.807) is 0 Å². The molecule has 1 heteroatoms. The van der Waals surface area contributed by atoms with Crippen LogP contribution in [0.25, 0.3) is 11.1 Å². The molecule has 0 bridgehead atoms. The Hall–Kier alpha value is -2.07. The van der Waals surface area contributed by atoms with Crippen molar-refractivity contribution in [3.63, 3.8) is 0 Å². The second-order valence-corrected chi connectivity index (χ2v) is 5.55. The minimum Gasteiger partial charge on any atom is -0.198 e. The van der Waals surface area contributed by atoms with Crippen molar-refractivity contribution < 1.29 is 0 Å². The zero-order chi connectivity index (χ0) is 13.8. The van der Waals surface area contributed by atoms with Crippen molar-refractivity contribution in [2.45, 2.75) is 31.6 Å². The highest BCUT2D eigenvalue weighted by Crippen LogP contribution is 2.39. The second-order valence-electron chi connectivity index (χ2n) is 5.55. The number of hydrogen-bond donors (Lipinski definition) is 0. The Morgan fingerprint density at radius 3 is 2.70 bits per heavy atom. The summed E-state index contributed by atoms with van der Waals surface area (Å²) in [5, 5.41) is 9.19. The average molecular weight is 260 g/mol. The smallest absolute Gasteiger partial charge is 0.0656 e. The van der Waals surface area contributed by atoms with Gasteiger partial charge in [-0.2, -0.15) is 5.26 Å². The van der Waals surface area contributed by atoms with Gasteiger partial charge in [0, 0.05) is 5.92 Å². The van der Waals surface area contributed by atoms with Gasteiger partial charge in [-0.05, 0) is 47.9 Å². The van der Waals surface area contributed by atoms with Gasteiger partial charge in [0.25, 0.3) is 0 Å². The molecule has 2 unspecified atom stereocenters. The van der Waals surface area contributed by atoms with Gasteiger partial charge in [0.1, 0.15) is 0 Å². The van der Waals surface area contributed by atoms with Crippen molar-refractivity contribution in [1.82, 2.24) is 0 Å². The van der Waals surface area contributed by atoms with Gasteiger partial charge in [0.05, 0.1) is 6.07 Å². The summed E-state index contributed by atoms with van der Waals surface area (Å²) < 4.78 is 0. The first-order valence-electron chi connectivity index (χ1n) is 7.34. The summed E-state index contributed by atoms with van der Waals surface area (Å²) in [6, 6.07) is 22.5. The van der Waals surface area contributed by atoms with E-state index in [4.69, 9.17) is 0 Å². The third-order valence-electron chi connectivity index (χ3n) is 4.26. The first-order chi connectivity index (χ1) is 9.88. The molecule has 0 saturated heterocycles. The van der Waals surface area contributed by atoms with E-state index >= 15 is 0 Å². The van der Waals surface area contributed by atoms with Crippen LogP contribution in [0.5, 0.6) is 0 Å². The molecule has 2 aromatic rings. The van der Waals surface area contributed by atoms with Crippen LogP contribution in [0.1, 0.15) is 37.2 Å². The van der Waals surface area contributed by atoms with E-state index in [0.717, 1.165) is 24.8 Å². The average Bonchev–Trinajstić information content (AvgIpc) is 2.56. The van der Waals surface area contributed by atoms with Crippen LogP contribution in [0.3, 0.4) is 0 Å². The van der Waals surface area contributed by atoms with Crippen LogP contribution in [0.15, 0.2) is 48.5 Å². The normalized spacial score (nSPS) is 22.1. The summed E-state index contributed by atoms with van der Waals surface area (Å²) in [6.45, 7) is 0. The Morgan fingerprint density at radius 2 is 1.90 bits per heavy atom. The summed E-state index contributed by atoms with van der Waals surface area (Å²) >= 11 is 0. The van der Waals surface area contributed by atoms with Gasteiger partial charge < -0.3 is 0 Å². The lowest BCUT2D eigenvalue weighted by Gasteiger charge is -2.27. The van der Waals surface area contributed by atoms with Crippen LogP contribution in [-0.4, -0.2) is 0 Å². The Balaban J connectivity index is 1.96. The highest BCUT2D eigenvalue weighted by molar-refractivity contribution is 5.67. The van der Waals surface area contributed by atoms with Crippen molar-refractivity contribution >= 4 is 0 Å². The lowest BCUT2D eigenvalue weighted by atomic mass is 9.76. The predicted octanol–water partition coefficient (Wildman–Crippen LogP) is 4.95. The van der Waals surface area contributed by atoms with Crippen LogP contribution in [0.2, 0.25) is 0 Å². The number of hydrogen-bond acceptors (Lipinski definition) is 1. The van der Waals surface area contributed by atoms with Gasteiger partial charge in [-0.1, -0.05) is 55.0 Å². The molecule has 0 aromatic heterocycles. The Morgan fingerprint density at radius 1 is 1.05 bits per heavy atom. The van der Waals surface area contributed by atoms with Crippen LogP contribution < -0.4 is 0 Å². The molecule has 99 valence electrons. The molecule has 2 aromatic carbocycles. The molecule has 3 rings (SSSR count). The molecular formula is C19H18N. The molecular weight excluding hydrogens is 242 g/mol. The minimum atomic E-state index is 0.224. The number of rotatable bonds is 2. The maximum atomic E-state index is 9.19. The summed E-state index contributed by atoms with van der Waals surface area (Å²) in [4.78, 5) is 0.